The van der Waals surface area contributed by atoms with Crippen molar-refractivity contribution in [2.24, 2.45) is 5.73 Å². The second kappa shape index (κ2) is 14.2. The van der Waals surface area contributed by atoms with Gasteiger partial charge in [0, 0.05) is 49.3 Å². The first-order chi connectivity index (χ1) is 18.2. The predicted molar refractivity (Wildman–Crippen MR) is 130 cm³/mol. The maximum Gasteiger partial charge on any atom is 0.490 e. The van der Waals surface area contributed by atoms with Gasteiger partial charge in [0.15, 0.2) is 0 Å². The molecule has 5 N–H and O–H groups in total. The number of carbonyl (C=O) groups is 2. The third kappa shape index (κ3) is 10.8. The monoisotopic (exact) mass is 567 g/mol. The molecule has 2 aliphatic rings. The molecular formula is C24H31F6N5O4. The summed E-state index contributed by atoms with van der Waals surface area (Å²) in [5, 5.41) is 22.4. The van der Waals surface area contributed by atoms with Gasteiger partial charge in [0.25, 0.3) is 0 Å². The standard InChI is InChI=1S/C20H29N5.2C2HF3O2/c21-19-6-1-2-7-20(19)23-16-5-3-13-24(15-16)17-8-10-18(11-9-17)25-14-4-12-22-25;2*3-2(4,5)1(6)7/h4,8-12,14,16,19-20,23H,1-3,5-7,13,15,21H2;2*(H,6,7)/t16-,19+,20+;;/m0../s1. The number of aromatic nitrogens is 2. The summed E-state index contributed by atoms with van der Waals surface area (Å²) in [6, 6.07) is 12.1. The number of nitrogens with two attached hydrogens (primary N) is 1. The molecular weight excluding hydrogens is 536 g/mol. The summed E-state index contributed by atoms with van der Waals surface area (Å²) in [4.78, 5) is 20.3. The number of hydrogen-bond acceptors (Lipinski definition) is 6. The van der Waals surface area contributed by atoms with Gasteiger partial charge < -0.3 is 26.2 Å². The Balaban J connectivity index is 0.000000317. The zero-order valence-electron chi connectivity index (χ0n) is 20.8. The van der Waals surface area contributed by atoms with E-state index < -0.39 is 24.3 Å². The fourth-order valence-corrected chi connectivity index (χ4v) is 4.25. The molecule has 1 aromatic carbocycles. The van der Waals surface area contributed by atoms with Gasteiger partial charge in [-0.25, -0.2) is 14.3 Å². The van der Waals surface area contributed by atoms with Crippen molar-refractivity contribution in [2.45, 2.75) is 69.0 Å². The molecule has 1 saturated heterocycles. The minimum absolute atomic E-state index is 0.331. The van der Waals surface area contributed by atoms with Crippen LogP contribution in [-0.2, 0) is 9.59 Å². The van der Waals surface area contributed by atoms with Crippen LogP contribution in [-0.4, -0.2) is 75.5 Å². The Morgan fingerprint density at radius 2 is 1.44 bits per heavy atom. The first kappa shape index (κ1) is 31.9. The zero-order chi connectivity index (χ0) is 29.2. The summed E-state index contributed by atoms with van der Waals surface area (Å²) >= 11 is 0. The van der Waals surface area contributed by atoms with Gasteiger partial charge in [-0.3, -0.25) is 0 Å². The van der Waals surface area contributed by atoms with E-state index in [1.54, 1.807) is 0 Å². The SMILES string of the molecule is N[C@@H]1CCCC[C@H]1N[C@H]1CCCN(c2ccc(-n3cccn3)cc2)C1.O=C(O)C(F)(F)F.O=C(O)C(F)(F)F. The molecule has 0 amide bonds. The molecule has 0 unspecified atom stereocenters. The molecule has 218 valence electrons. The number of aliphatic carboxylic acids is 2. The van der Waals surface area contributed by atoms with Crippen LogP contribution in [0, 0.1) is 0 Å². The molecule has 2 aromatic rings. The third-order valence-electron chi connectivity index (χ3n) is 6.16. The number of nitrogens with one attached hydrogen (secondary N) is 1. The largest absolute Gasteiger partial charge is 0.490 e. The predicted octanol–water partition coefficient (Wildman–Crippen LogP) is 3.97. The maximum absolute atomic E-state index is 10.6. The van der Waals surface area contributed by atoms with Gasteiger partial charge in [0.05, 0.1) is 5.69 Å². The van der Waals surface area contributed by atoms with Gasteiger partial charge in [0.1, 0.15) is 0 Å². The number of carboxylic acids is 2. The number of rotatable bonds is 4. The summed E-state index contributed by atoms with van der Waals surface area (Å²) in [6.45, 7) is 2.21. The first-order valence-electron chi connectivity index (χ1n) is 12.2. The average Bonchev–Trinajstić information content (AvgIpc) is 3.41. The topological polar surface area (TPSA) is 134 Å². The van der Waals surface area contributed by atoms with Crippen molar-refractivity contribution in [3.63, 3.8) is 0 Å². The highest BCUT2D eigenvalue weighted by molar-refractivity contribution is 5.73. The van der Waals surface area contributed by atoms with E-state index in [4.69, 9.17) is 25.5 Å². The summed E-state index contributed by atoms with van der Waals surface area (Å²) in [6.07, 6.45) is 1.12. The fourth-order valence-electron chi connectivity index (χ4n) is 4.25. The maximum atomic E-state index is 10.6. The highest BCUT2D eigenvalue weighted by Crippen LogP contribution is 2.24. The van der Waals surface area contributed by atoms with E-state index in [2.05, 4.69) is 39.6 Å². The Morgan fingerprint density at radius 1 is 0.897 bits per heavy atom. The van der Waals surface area contributed by atoms with Crippen molar-refractivity contribution < 1.29 is 46.1 Å². The molecule has 1 saturated carbocycles. The lowest BCUT2D eigenvalue weighted by atomic mass is 9.89. The molecule has 9 nitrogen and oxygen atoms in total. The number of alkyl halides is 6. The molecule has 15 heteroatoms. The Kier molecular flexibility index (Phi) is 11.6. The van der Waals surface area contributed by atoms with Crippen LogP contribution in [0.3, 0.4) is 0 Å². The fraction of sp³-hybridized carbons (Fsp3) is 0.542. The number of anilines is 1. The number of carboxylic acid groups (broad SMARTS) is 2. The quantitative estimate of drug-likeness (QED) is 0.408. The van der Waals surface area contributed by atoms with Gasteiger partial charge in [-0.15, -0.1) is 0 Å². The van der Waals surface area contributed by atoms with Crippen LogP contribution < -0.4 is 16.0 Å². The van der Waals surface area contributed by atoms with Crippen molar-refractivity contribution in [1.29, 1.82) is 0 Å². The zero-order valence-corrected chi connectivity index (χ0v) is 20.8. The third-order valence-corrected chi connectivity index (χ3v) is 6.16. The van der Waals surface area contributed by atoms with Crippen LogP contribution in [0.1, 0.15) is 38.5 Å². The summed E-state index contributed by atoms with van der Waals surface area (Å²) in [5.74, 6) is -5.51. The molecule has 2 fully saturated rings. The second-order valence-corrected chi connectivity index (χ2v) is 9.08. The van der Waals surface area contributed by atoms with Crippen LogP contribution in [0.25, 0.3) is 5.69 Å². The molecule has 1 aliphatic carbocycles. The Labute approximate surface area is 220 Å². The molecule has 1 aromatic heterocycles. The number of piperidine rings is 1. The lowest BCUT2D eigenvalue weighted by Crippen LogP contribution is -2.55. The summed E-state index contributed by atoms with van der Waals surface area (Å²) < 4.78 is 65.4. The van der Waals surface area contributed by atoms with Crippen LogP contribution in [0.5, 0.6) is 0 Å². The van der Waals surface area contributed by atoms with Crippen molar-refractivity contribution in [1.82, 2.24) is 15.1 Å². The van der Waals surface area contributed by atoms with E-state index in [1.165, 1.54) is 44.2 Å². The van der Waals surface area contributed by atoms with Crippen LogP contribution in [0.15, 0.2) is 42.7 Å². The Hall–Kier alpha value is -3.33. The highest BCUT2D eigenvalue weighted by Gasteiger charge is 2.38. The summed E-state index contributed by atoms with van der Waals surface area (Å²) in [5.41, 5.74) is 8.73. The number of hydrogen-bond donors (Lipinski definition) is 4. The van der Waals surface area contributed by atoms with Crippen LogP contribution in [0.2, 0.25) is 0 Å². The molecule has 3 atom stereocenters. The number of benzene rings is 1. The van der Waals surface area contributed by atoms with Crippen molar-refractivity contribution >= 4 is 17.6 Å². The van der Waals surface area contributed by atoms with Gasteiger partial charge in [-0.05, 0) is 56.0 Å². The smallest absolute Gasteiger partial charge is 0.475 e. The lowest BCUT2D eigenvalue weighted by Gasteiger charge is -2.39. The van der Waals surface area contributed by atoms with Crippen molar-refractivity contribution in [2.75, 3.05) is 18.0 Å². The van der Waals surface area contributed by atoms with E-state index in [0.29, 0.717) is 18.1 Å². The summed E-state index contributed by atoms with van der Waals surface area (Å²) in [7, 11) is 0. The molecule has 0 spiro atoms. The van der Waals surface area contributed by atoms with E-state index >= 15 is 0 Å². The van der Waals surface area contributed by atoms with Crippen molar-refractivity contribution in [3.05, 3.63) is 42.7 Å². The normalized spacial score (nSPS) is 21.6. The van der Waals surface area contributed by atoms with E-state index in [9.17, 15) is 26.3 Å². The number of nitrogens with zero attached hydrogens (tertiary/aromatic N) is 3. The molecule has 2 heterocycles. The second-order valence-electron chi connectivity index (χ2n) is 9.08. The average molecular weight is 568 g/mol. The van der Waals surface area contributed by atoms with Crippen LogP contribution >= 0.6 is 0 Å². The highest BCUT2D eigenvalue weighted by atomic mass is 19.4. The minimum atomic E-state index is -5.08. The number of halogens is 6. The van der Waals surface area contributed by atoms with E-state index in [1.807, 2.05) is 23.1 Å². The molecule has 0 bridgehead atoms. The van der Waals surface area contributed by atoms with Gasteiger partial charge in [-0.2, -0.15) is 31.4 Å². The molecule has 1 aliphatic heterocycles. The van der Waals surface area contributed by atoms with E-state index in [0.717, 1.165) is 18.8 Å². The van der Waals surface area contributed by atoms with Gasteiger partial charge >= 0.3 is 24.3 Å². The van der Waals surface area contributed by atoms with Crippen LogP contribution in [0.4, 0.5) is 32.0 Å². The van der Waals surface area contributed by atoms with Gasteiger partial charge in [-0.1, -0.05) is 12.8 Å². The van der Waals surface area contributed by atoms with Gasteiger partial charge in [0.2, 0.25) is 0 Å². The molecule has 0 radical (unpaired) electrons. The molecule has 4 rings (SSSR count). The lowest BCUT2D eigenvalue weighted by molar-refractivity contribution is -0.193. The van der Waals surface area contributed by atoms with E-state index in [-0.39, 0.29) is 0 Å². The molecule has 39 heavy (non-hydrogen) atoms. The van der Waals surface area contributed by atoms with Crippen molar-refractivity contribution in [3.8, 4) is 5.69 Å². The first-order valence-corrected chi connectivity index (χ1v) is 12.2. The Morgan fingerprint density at radius 3 is 1.92 bits per heavy atom. The Bertz CT molecular complexity index is 1010. The minimum Gasteiger partial charge on any atom is -0.475 e.